The first kappa shape index (κ1) is 12.4. The zero-order valence-electron chi connectivity index (χ0n) is 10.7. The first-order valence-corrected chi connectivity index (χ1v) is 5.85. The van der Waals surface area contributed by atoms with Crippen molar-refractivity contribution in [3.8, 4) is 11.8 Å². The van der Waals surface area contributed by atoms with Crippen LogP contribution >= 0.6 is 0 Å². The summed E-state index contributed by atoms with van der Waals surface area (Å²) in [4.78, 5) is 1.99. The summed E-state index contributed by atoms with van der Waals surface area (Å²) < 4.78 is 5.20. The SMILES string of the molecule is COc1ccc2cc(CN(C)CC#N)ccc2c1. The molecule has 0 radical (unpaired) electrons. The van der Waals surface area contributed by atoms with E-state index in [9.17, 15) is 0 Å². The van der Waals surface area contributed by atoms with Crippen LogP contribution in [0.3, 0.4) is 0 Å². The molecule has 0 bridgehead atoms. The predicted octanol–water partition coefficient (Wildman–Crippen LogP) is 2.80. The predicted molar refractivity (Wildman–Crippen MR) is 72.4 cm³/mol. The molecule has 0 heterocycles. The third-order valence-electron chi connectivity index (χ3n) is 2.90. The van der Waals surface area contributed by atoms with Gasteiger partial charge in [0.2, 0.25) is 0 Å². The number of fused-ring (bicyclic) bond motifs is 1. The van der Waals surface area contributed by atoms with E-state index in [0.717, 1.165) is 12.3 Å². The summed E-state index contributed by atoms with van der Waals surface area (Å²) in [5.41, 5.74) is 1.21. The lowest BCUT2D eigenvalue weighted by atomic mass is 10.1. The standard InChI is InChI=1S/C15H16N2O/c1-17(8-7-16)11-12-3-4-14-10-15(18-2)6-5-13(14)9-12/h3-6,9-10H,8,11H2,1-2H3. The van der Waals surface area contributed by atoms with E-state index in [4.69, 9.17) is 10.00 Å². The van der Waals surface area contributed by atoms with Crippen LogP contribution in [0.4, 0.5) is 0 Å². The fourth-order valence-electron chi connectivity index (χ4n) is 1.99. The van der Waals surface area contributed by atoms with Crippen molar-refractivity contribution in [2.75, 3.05) is 20.7 Å². The molecular formula is C15H16N2O. The van der Waals surface area contributed by atoms with Crippen LogP contribution in [0.5, 0.6) is 5.75 Å². The molecule has 0 spiro atoms. The van der Waals surface area contributed by atoms with E-state index in [2.05, 4.69) is 30.3 Å². The van der Waals surface area contributed by atoms with Crippen LogP contribution in [0.15, 0.2) is 36.4 Å². The summed E-state index contributed by atoms with van der Waals surface area (Å²) in [7, 11) is 3.62. The number of benzene rings is 2. The molecular weight excluding hydrogens is 224 g/mol. The minimum absolute atomic E-state index is 0.445. The smallest absolute Gasteiger partial charge is 0.119 e. The van der Waals surface area contributed by atoms with Crippen molar-refractivity contribution in [1.82, 2.24) is 4.90 Å². The molecule has 0 saturated carbocycles. The van der Waals surface area contributed by atoms with Crippen LogP contribution < -0.4 is 4.74 Å². The molecule has 0 aliphatic carbocycles. The summed E-state index contributed by atoms with van der Waals surface area (Å²) in [5.74, 6) is 0.872. The number of rotatable bonds is 4. The molecule has 0 amide bonds. The molecule has 0 unspecified atom stereocenters. The maximum absolute atomic E-state index is 8.64. The second-order valence-corrected chi connectivity index (χ2v) is 4.38. The van der Waals surface area contributed by atoms with Crippen molar-refractivity contribution in [1.29, 1.82) is 5.26 Å². The number of hydrogen-bond donors (Lipinski definition) is 0. The Morgan fingerprint density at radius 2 is 1.89 bits per heavy atom. The Kier molecular flexibility index (Phi) is 3.81. The lowest BCUT2D eigenvalue weighted by molar-refractivity contribution is 0.367. The highest BCUT2D eigenvalue weighted by Gasteiger charge is 2.02. The molecule has 2 aromatic rings. The van der Waals surface area contributed by atoms with Gasteiger partial charge in [-0.25, -0.2) is 0 Å². The molecule has 18 heavy (non-hydrogen) atoms. The lowest BCUT2D eigenvalue weighted by Gasteiger charge is -2.13. The second-order valence-electron chi connectivity index (χ2n) is 4.38. The largest absolute Gasteiger partial charge is 0.497 e. The highest BCUT2D eigenvalue weighted by Crippen LogP contribution is 2.22. The molecule has 0 saturated heterocycles. The third kappa shape index (κ3) is 2.79. The quantitative estimate of drug-likeness (QED) is 0.771. The fraction of sp³-hybridized carbons (Fsp3) is 0.267. The van der Waals surface area contributed by atoms with E-state index < -0.39 is 0 Å². The summed E-state index contributed by atoms with van der Waals surface area (Å²) in [6.45, 7) is 1.23. The van der Waals surface area contributed by atoms with Crippen LogP contribution in [0.1, 0.15) is 5.56 Å². The van der Waals surface area contributed by atoms with Crippen LogP contribution in [-0.2, 0) is 6.54 Å². The Balaban J connectivity index is 2.25. The molecule has 0 N–H and O–H groups in total. The Morgan fingerprint density at radius 3 is 2.61 bits per heavy atom. The topological polar surface area (TPSA) is 36.3 Å². The van der Waals surface area contributed by atoms with Gasteiger partial charge >= 0.3 is 0 Å². The van der Waals surface area contributed by atoms with E-state index in [1.54, 1.807) is 7.11 Å². The molecule has 0 atom stereocenters. The van der Waals surface area contributed by atoms with Gasteiger partial charge in [0, 0.05) is 6.54 Å². The van der Waals surface area contributed by atoms with Gasteiger partial charge in [0.25, 0.3) is 0 Å². The number of nitriles is 1. The van der Waals surface area contributed by atoms with Crippen molar-refractivity contribution in [3.05, 3.63) is 42.0 Å². The molecule has 0 aromatic heterocycles. The van der Waals surface area contributed by atoms with E-state index in [0.29, 0.717) is 6.54 Å². The fourth-order valence-corrected chi connectivity index (χ4v) is 1.99. The van der Waals surface area contributed by atoms with Gasteiger partial charge in [-0.2, -0.15) is 5.26 Å². The van der Waals surface area contributed by atoms with Crippen molar-refractivity contribution in [3.63, 3.8) is 0 Å². The van der Waals surface area contributed by atoms with Crippen LogP contribution in [0.25, 0.3) is 10.8 Å². The molecule has 2 aromatic carbocycles. The molecule has 3 nitrogen and oxygen atoms in total. The molecule has 0 fully saturated rings. The maximum atomic E-state index is 8.64. The van der Waals surface area contributed by atoms with Gasteiger partial charge < -0.3 is 4.74 Å². The highest BCUT2D eigenvalue weighted by molar-refractivity contribution is 5.84. The van der Waals surface area contributed by atoms with Crippen LogP contribution in [0, 0.1) is 11.3 Å². The van der Waals surface area contributed by atoms with Gasteiger partial charge in [-0.3, -0.25) is 4.90 Å². The van der Waals surface area contributed by atoms with Crippen molar-refractivity contribution >= 4 is 10.8 Å². The molecule has 0 aliphatic rings. The first-order chi connectivity index (χ1) is 8.72. The zero-order chi connectivity index (χ0) is 13.0. The zero-order valence-corrected chi connectivity index (χ0v) is 10.7. The minimum atomic E-state index is 0.445. The monoisotopic (exact) mass is 240 g/mol. The van der Waals surface area contributed by atoms with Gasteiger partial charge in [0.05, 0.1) is 19.7 Å². The van der Waals surface area contributed by atoms with Gasteiger partial charge in [0.15, 0.2) is 0 Å². The lowest BCUT2D eigenvalue weighted by Crippen LogP contribution is -2.17. The Hall–Kier alpha value is -2.05. The average Bonchev–Trinajstić information content (AvgIpc) is 2.38. The van der Waals surface area contributed by atoms with Crippen LogP contribution in [0.2, 0.25) is 0 Å². The summed E-state index contributed by atoms with van der Waals surface area (Å²) in [6.07, 6.45) is 0. The summed E-state index contributed by atoms with van der Waals surface area (Å²) in [5, 5.41) is 11.0. The number of ether oxygens (including phenoxy) is 1. The van der Waals surface area contributed by atoms with Crippen molar-refractivity contribution in [2.45, 2.75) is 6.54 Å². The second kappa shape index (κ2) is 5.52. The Bertz CT molecular complexity index is 587. The Morgan fingerprint density at radius 1 is 1.17 bits per heavy atom. The molecule has 92 valence electrons. The molecule has 0 aliphatic heterocycles. The van der Waals surface area contributed by atoms with E-state index >= 15 is 0 Å². The highest BCUT2D eigenvalue weighted by atomic mass is 16.5. The number of hydrogen-bond acceptors (Lipinski definition) is 3. The summed E-state index contributed by atoms with van der Waals surface area (Å²) in [6, 6.07) is 14.5. The molecule has 3 heteroatoms. The van der Waals surface area contributed by atoms with E-state index in [1.165, 1.54) is 16.3 Å². The minimum Gasteiger partial charge on any atom is -0.497 e. The van der Waals surface area contributed by atoms with Gasteiger partial charge in [-0.15, -0.1) is 0 Å². The summed E-state index contributed by atoms with van der Waals surface area (Å²) >= 11 is 0. The maximum Gasteiger partial charge on any atom is 0.119 e. The Labute approximate surface area is 107 Å². The average molecular weight is 240 g/mol. The van der Waals surface area contributed by atoms with Gasteiger partial charge in [0.1, 0.15) is 5.75 Å². The molecule has 2 rings (SSSR count). The van der Waals surface area contributed by atoms with E-state index in [-0.39, 0.29) is 0 Å². The normalized spacial score (nSPS) is 10.6. The third-order valence-corrected chi connectivity index (χ3v) is 2.90. The van der Waals surface area contributed by atoms with Crippen molar-refractivity contribution < 1.29 is 4.74 Å². The van der Waals surface area contributed by atoms with Gasteiger partial charge in [-0.05, 0) is 41.6 Å². The van der Waals surface area contributed by atoms with E-state index in [1.807, 2.05) is 24.1 Å². The van der Waals surface area contributed by atoms with Gasteiger partial charge in [-0.1, -0.05) is 18.2 Å². The van der Waals surface area contributed by atoms with Crippen LogP contribution in [-0.4, -0.2) is 25.6 Å². The number of methoxy groups -OCH3 is 1. The first-order valence-electron chi connectivity index (χ1n) is 5.85. The number of nitrogens with zero attached hydrogens (tertiary/aromatic N) is 2. The van der Waals surface area contributed by atoms with Crippen molar-refractivity contribution in [2.24, 2.45) is 0 Å².